The Bertz CT molecular complexity index is 1150. The summed E-state index contributed by atoms with van der Waals surface area (Å²) in [5.74, 6) is -0.0865. The van der Waals surface area contributed by atoms with Gasteiger partial charge in [0.05, 0.1) is 12.3 Å². The van der Waals surface area contributed by atoms with E-state index in [0.717, 1.165) is 30.4 Å². The molecule has 0 saturated heterocycles. The number of nitrogens with zero attached hydrogens (tertiary/aromatic N) is 3. The van der Waals surface area contributed by atoms with E-state index in [1.165, 1.54) is 19.1 Å². The van der Waals surface area contributed by atoms with Crippen molar-refractivity contribution in [3.8, 4) is 17.1 Å². The lowest BCUT2D eigenvalue weighted by Gasteiger charge is -2.30. The van der Waals surface area contributed by atoms with E-state index in [2.05, 4.69) is 19.1 Å². The van der Waals surface area contributed by atoms with Crippen molar-refractivity contribution in [2.75, 3.05) is 19.7 Å². The van der Waals surface area contributed by atoms with Gasteiger partial charge >= 0.3 is 21.6 Å². The minimum Gasteiger partial charge on any atom is -0.466 e. The summed E-state index contributed by atoms with van der Waals surface area (Å²) in [6.45, 7) is 7.73. The molecule has 186 valence electrons. The second-order valence-electron chi connectivity index (χ2n) is 8.23. The average Bonchev–Trinajstić information content (AvgIpc) is 2.74. The number of halogens is 3. The Morgan fingerprint density at radius 1 is 1.29 bits per heavy atom. The van der Waals surface area contributed by atoms with Gasteiger partial charge in [-0.15, -0.1) is 0 Å². The molecule has 34 heavy (non-hydrogen) atoms. The zero-order valence-electron chi connectivity index (χ0n) is 19.1. The standard InChI is InChI=1S/C22H26F3N3O5S/c1-4-32-20(29)9-14(2)12-28-8-7-18-17(13-28)11-26-21(27-18)16-5-6-19(15(3)10-16)33-34(30,31)22(23,24)25/h5-6,10-11,14H,4,7-9,12-13H2,1-3H3. The van der Waals surface area contributed by atoms with Gasteiger partial charge in [0.25, 0.3) is 0 Å². The number of aromatic nitrogens is 2. The van der Waals surface area contributed by atoms with Crippen molar-refractivity contribution in [1.82, 2.24) is 14.9 Å². The minimum atomic E-state index is -5.75. The van der Waals surface area contributed by atoms with Crippen molar-refractivity contribution >= 4 is 16.1 Å². The van der Waals surface area contributed by atoms with Gasteiger partial charge < -0.3 is 8.92 Å². The fourth-order valence-electron chi connectivity index (χ4n) is 3.73. The molecule has 0 spiro atoms. The molecular formula is C22H26F3N3O5S. The van der Waals surface area contributed by atoms with Crippen molar-refractivity contribution in [1.29, 1.82) is 0 Å². The van der Waals surface area contributed by atoms with Crippen LogP contribution in [-0.2, 0) is 32.6 Å². The zero-order valence-corrected chi connectivity index (χ0v) is 19.9. The summed E-state index contributed by atoms with van der Waals surface area (Å²) >= 11 is 0. The highest BCUT2D eigenvalue weighted by atomic mass is 32.2. The van der Waals surface area contributed by atoms with Crippen LogP contribution in [0.3, 0.4) is 0 Å². The van der Waals surface area contributed by atoms with Crippen molar-refractivity contribution in [3.63, 3.8) is 0 Å². The van der Waals surface area contributed by atoms with Gasteiger partial charge in [0.2, 0.25) is 0 Å². The Balaban J connectivity index is 1.69. The van der Waals surface area contributed by atoms with Crippen LogP contribution in [-0.4, -0.2) is 54.5 Å². The number of carbonyl (C=O) groups is 1. The molecule has 1 aliphatic rings. The van der Waals surface area contributed by atoms with Crippen molar-refractivity contribution in [2.45, 2.75) is 45.7 Å². The van der Waals surface area contributed by atoms with Crippen LogP contribution >= 0.6 is 0 Å². The fourth-order valence-corrected chi connectivity index (χ4v) is 4.24. The van der Waals surface area contributed by atoms with Crippen LogP contribution in [0, 0.1) is 12.8 Å². The first kappa shape index (κ1) is 25.9. The van der Waals surface area contributed by atoms with E-state index in [-0.39, 0.29) is 17.5 Å². The van der Waals surface area contributed by atoms with Crippen LogP contribution < -0.4 is 4.18 Å². The van der Waals surface area contributed by atoms with Crippen molar-refractivity contribution in [2.24, 2.45) is 5.92 Å². The zero-order chi connectivity index (χ0) is 25.1. The molecule has 1 unspecified atom stereocenters. The van der Waals surface area contributed by atoms with Gasteiger partial charge in [-0.2, -0.15) is 21.6 Å². The van der Waals surface area contributed by atoms with Crippen molar-refractivity contribution in [3.05, 3.63) is 41.2 Å². The highest BCUT2D eigenvalue weighted by molar-refractivity contribution is 7.88. The summed E-state index contributed by atoms with van der Waals surface area (Å²) in [7, 11) is -5.75. The minimum absolute atomic E-state index is 0.144. The monoisotopic (exact) mass is 501 g/mol. The predicted molar refractivity (Wildman–Crippen MR) is 117 cm³/mol. The molecule has 2 heterocycles. The van der Waals surface area contributed by atoms with Gasteiger partial charge in [-0.3, -0.25) is 9.69 Å². The quantitative estimate of drug-likeness (QED) is 0.307. The van der Waals surface area contributed by atoms with E-state index >= 15 is 0 Å². The molecule has 0 N–H and O–H groups in total. The maximum atomic E-state index is 12.6. The number of esters is 1. The molecule has 0 aliphatic carbocycles. The molecule has 0 bridgehead atoms. The first-order valence-electron chi connectivity index (χ1n) is 10.7. The van der Waals surface area contributed by atoms with Gasteiger partial charge in [-0.1, -0.05) is 6.92 Å². The summed E-state index contributed by atoms with van der Waals surface area (Å²) < 4.78 is 69.5. The van der Waals surface area contributed by atoms with Crippen LogP contribution in [0.1, 0.15) is 37.1 Å². The Hall–Kier alpha value is -2.73. The molecule has 1 aromatic heterocycles. The number of hydrogen-bond acceptors (Lipinski definition) is 8. The molecule has 3 rings (SSSR count). The fraction of sp³-hybridized carbons (Fsp3) is 0.500. The van der Waals surface area contributed by atoms with Gasteiger partial charge in [-0.25, -0.2) is 9.97 Å². The summed E-state index contributed by atoms with van der Waals surface area (Å²) in [5.41, 5.74) is -2.94. The summed E-state index contributed by atoms with van der Waals surface area (Å²) in [5, 5.41) is 0. The van der Waals surface area contributed by atoms with Gasteiger partial charge in [0.15, 0.2) is 5.82 Å². The molecule has 0 fully saturated rings. The number of alkyl halides is 3. The Morgan fingerprint density at radius 2 is 2.03 bits per heavy atom. The number of ether oxygens (including phenoxy) is 1. The normalized spacial score (nSPS) is 15.5. The number of aryl methyl sites for hydroxylation is 1. The first-order chi connectivity index (χ1) is 15.9. The van der Waals surface area contributed by atoms with E-state index in [4.69, 9.17) is 4.74 Å². The predicted octanol–water partition coefficient (Wildman–Crippen LogP) is 3.63. The van der Waals surface area contributed by atoms with Gasteiger partial charge in [0.1, 0.15) is 5.75 Å². The van der Waals surface area contributed by atoms with Crippen LogP contribution in [0.2, 0.25) is 0 Å². The van der Waals surface area contributed by atoms with Gasteiger partial charge in [-0.05, 0) is 43.5 Å². The highest BCUT2D eigenvalue weighted by Gasteiger charge is 2.48. The maximum absolute atomic E-state index is 12.6. The topological polar surface area (TPSA) is 98.7 Å². The molecule has 0 saturated carbocycles. The Morgan fingerprint density at radius 3 is 2.68 bits per heavy atom. The molecule has 12 heteroatoms. The SMILES string of the molecule is CCOC(=O)CC(C)CN1CCc2nc(-c3ccc(OS(=O)(=O)C(F)(F)F)c(C)c3)ncc2C1. The Labute approximate surface area is 196 Å². The molecular weight excluding hydrogens is 475 g/mol. The molecule has 1 aliphatic heterocycles. The molecule has 2 aromatic rings. The lowest BCUT2D eigenvalue weighted by molar-refractivity contribution is -0.144. The largest absolute Gasteiger partial charge is 0.534 e. The smallest absolute Gasteiger partial charge is 0.466 e. The van der Waals surface area contributed by atoms with Gasteiger partial charge in [0, 0.05) is 49.8 Å². The number of hydrogen-bond donors (Lipinski definition) is 0. The maximum Gasteiger partial charge on any atom is 0.534 e. The van der Waals surface area contributed by atoms with Crippen LogP contribution in [0.4, 0.5) is 13.2 Å². The van der Waals surface area contributed by atoms with E-state index in [1.807, 2.05) is 6.92 Å². The lowest BCUT2D eigenvalue weighted by atomic mass is 10.0. The van der Waals surface area contributed by atoms with Crippen molar-refractivity contribution < 1.29 is 35.3 Å². The average molecular weight is 502 g/mol. The van der Waals surface area contributed by atoms with Crippen LogP contribution in [0.25, 0.3) is 11.4 Å². The third kappa shape index (κ3) is 6.23. The highest BCUT2D eigenvalue weighted by Crippen LogP contribution is 2.31. The van der Waals surface area contributed by atoms with Crippen LogP contribution in [0.15, 0.2) is 24.4 Å². The van der Waals surface area contributed by atoms with E-state index in [1.54, 1.807) is 13.1 Å². The third-order valence-corrected chi connectivity index (χ3v) is 6.29. The number of fused-ring (bicyclic) bond motifs is 1. The van der Waals surface area contributed by atoms with E-state index in [0.29, 0.717) is 37.4 Å². The second kappa shape index (κ2) is 10.3. The van der Waals surface area contributed by atoms with E-state index < -0.39 is 21.4 Å². The Kier molecular flexibility index (Phi) is 7.81. The second-order valence-corrected chi connectivity index (χ2v) is 9.77. The van der Waals surface area contributed by atoms with E-state index in [9.17, 15) is 26.4 Å². The first-order valence-corrected chi connectivity index (χ1v) is 12.1. The molecule has 8 nitrogen and oxygen atoms in total. The lowest BCUT2D eigenvalue weighted by Crippen LogP contribution is -2.35. The summed E-state index contributed by atoms with van der Waals surface area (Å²) in [6, 6.07) is 4.06. The number of rotatable bonds is 8. The molecule has 0 amide bonds. The van der Waals surface area contributed by atoms with Crippen LogP contribution in [0.5, 0.6) is 5.75 Å². The third-order valence-electron chi connectivity index (χ3n) is 5.32. The molecule has 1 atom stereocenters. The molecule has 0 radical (unpaired) electrons. The number of carbonyl (C=O) groups excluding carboxylic acids is 1. The summed E-state index contributed by atoms with van der Waals surface area (Å²) in [4.78, 5) is 22.9. The summed E-state index contributed by atoms with van der Waals surface area (Å²) in [6.07, 6.45) is 2.75. The molecule has 1 aromatic carbocycles. The number of benzene rings is 1.